The van der Waals surface area contributed by atoms with E-state index in [1.165, 1.54) is 5.56 Å². The monoisotopic (exact) mass is 586 g/mol. The van der Waals surface area contributed by atoms with E-state index in [9.17, 15) is 14.7 Å². The van der Waals surface area contributed by atoms with Gasteiger partial charge >= 0.3 is 5.97 Å². The van der Waals surface area contributed by atoms with Crippen LogP contribution in [0.1, 0.15) is 65.6 Å². The summed E-state index contributed by atoms with van der Waals surface area (Å²) in [7, 11) is 1.70. The van der Waals surface area contributed by atoms with Crippen LogP contribution in [0, 0.1) is 12.8 Å². The molecule has 5 rings (SSSR count). The highest BCUT2D eigenvalue weighted by atomic mass is 16.7. The number of carboxylic acid groups (broad SMARTS) is 1. The number of rotatable bonds is 12. The highest BCUT2D eigenvalue weighted by Gasteiger charge is 2.48. The molecular formula is C35H42N2O6. The molecule has 228 valence electrons. The molecule has 3 aromatic carbocycles. The van der Waals surface area contributed by atoms with Gasteiger partial charge in [-0.05, 0) is 72.1 Å². The summed E-state index contributed by atoms with van der Waals surface area (Å²) in [6.07, 6.45) is 3.40. The third-order valence-electron chi connectivity index (χ3n) is 8.86. The van der Waals surface area contributed by atoms with Crippen LogP contribution in [0.4, 0.5) is 5.69 Å². The topological polar surface area (TPSA) is 97.3 Å². The number of ether oxygens (including phenoxy) is 3. The molecule has 2 aliphatic rings. The lowest BCUT2D eigenvalue weighted by molar-refractivity contribution is -0.143. The van der Waals surface area contributed by atoms with Gasteiger partial charge in [0.15, 0.2) is 11.5 Å². The largest absolute Gasteiger partial charge is 0.481 e. The first-order chi connectivity index (χ1) is 20.9. The van der Waals surface area contributed by atoms with Gasteiger partial charge in [0.1, 0.15) is 0 Å². The normalized spacial score (nSPS) is 19.5. The summed E-state index contributed by atoms with van der Waals surface area (Å²) in [5.74, 6) is -0.810. The molecule has 2 heterocycles. The molecule has 3 atom stereocenters. The molecule has 2 N–H and O–H groups in total. The van der Waals surface area contributed by atoms with Crippen molar-refractivity contribution in [3.05, 3.63) is 88.0 Å². The molecule has 2 aliphatic heterocycles. The Hall–Kier alpha value is -3.88. The zero-order valence-corrected chi connectivity index (χ0v) is 25.5. The van der Waals surface area contributed by atoms with Gasteiger partial charge in [-0.3, -0.25) is 14.5 Å². The summed E-state index contributed by atoms with van der Waals surface area (Å²) < 4.78 is 16.5. The fraction of sp³-hybridized carbons (Fsp3) is 0.429. The molecule has 1 saturated heterocycles. The molecule has 0 bridgehead atoms. The summed E-state index contributed by atoms with van der Waals surface area (Å²) in [5, 5.41) is 13.9. The van der Waals surface area contributed by atoms with Gasteiger partial charge in [0.2, 0.25) is 12.7 Å². The Bertz CT molecular complexity index is 1430. The van der Waals surface area contributed by atoms with Crippen LogP contribution in [-0.4, -0.2) is 55.5 Å². The predicted molar refractivity (Wildman–Crippen MR) is 166 cm³/mol. The molecule has 8 nitrogen and oxygen atoms in total. The predicted octanol–water partition coefficient (Wildman–Crippen LogP) is 5.91. The van der Waals surface area contributed by atoms with Gasteiger partial charge in [0.25, 0.3) is 0 Å². The Morgan fingerprint density at radius 3 is 2.40 bits per heavy atom. The fourth-order valence-corrected chi connectivity index (χ4v) is 6.70. The van der Waals surface area contributed by atoms with E-state index in [2.05, 4.69) is 31.3 Å². The van der Waals surface area contributed by atoms with Gasteiger partial charge in [0, 0.05) is 37.9 Å². The van der Waals surface area contributed by atoms with E-state index in [1.807, 2.05) is 54.3 Å². The Kier molecular flexibility index (Phi) is 9.68. The van der Waals surface area contributed by atoms with E-state index >= 15 is 0 Å². The second-order valence-corrected chi connectivity index (χ2v) is 11.4. The minimum atomic E-state index is -0.885. The van der Waals surface area contributed by atoms with Crippen LogP contribution in [0.5, 0.6) is 11.5 Å². The average molecular weight is 587 g/mol. The minimum Gasteiger partial charge on any atom is -0.481 e. The Balaban J connectivity index is 1.49. The lowest BCUT2D eigenvalue weighted by Crippen LogP contribution is -2.35. The Labute approximate surface area is 254 Å². The van der Waals surface area contributed by atoms with Crippen LogP contribution >= 0.6 is 0 Å². The number of nitrogens with zero attached hydrogens (tertiary/aromatic N) is 1. The standard InChI is InChI=1S/C35H42N2O6/c1-5-24-10-7-11-25(6-2)32(24)36-30(38)20-37-19-28(27-16-17-29-34(22(27)3)43-21-42-29)31(35(39)40)33(37)26-14-12-23(13-15-26)9-8-18-41-4/h7,10-17,28,31,33H,5-6,8-9,18-21H2,1-4H3,(H,36,38)(H,39,40)/t28-,31?,33+/m1/s1. The number of hydrogen-bond donors (Lipinski definition) is 2. The quantitative estimate of drug-likeness (QED) is 0.255. The van der Waals surface area contributed by atoms with Crippen molar-refractivity contribution in [1.82, 2.24) is 4.90 Å². The van der Waals surface area contributed by atoms with E-state index in [0.717, 1.165) is 59.2 Å². The number of fused-ring (bicyclic) bond motifs is 1. The van der Waals surface area contributed by atoms with Gasteiger partial charge < -0.3 is 24.6 Å². The van der Waals surface area contributed by atoms with E-state index < -0.39 is 17.9 Å². The lowest BCUT2D eigenvalue weighted by Gasteiger charge is -2.27. The molecule has 0 spiro atoms. The molecular weight excluding hydrogens is 544 g/mol. The van der Waals surface area contributed by atoms with Crippen molar-refractivity contribution in [3.63, 3.8) is 0 Å². The maximum absolute atomic E-state index is 13.7. The van der Waals surface area contributed by atoms with Crippen molar-refractivity contribution in [2.45, 2.75) is 58.4 Å². The molecule has 0 aliphatic carbocycles. The number of carbonyl (C=O) groups is 2. The number of benzene rings is 3. The maximum Gasteiger partial charge on any atom is 0.309 e. The molecule has 0 saturated carbocycles. The van der Waals surface area contributed by atoms with Crippen LogP contribution in [-0.2, 0) is 33.6 Å². The number of amides is 1. The summed E-state index contributed by atoms with van der Waals surface area (Å²) in [6, 6.07) is 17.6. The second-order valence-electron chi connectivity index (χ2n) is 11.4. The van der Waals surface area contributed by atoms with Crippen molar-refractivity contribution in [2.75, 3.05) is 38.9 Å². The average Bonchev–Trinajstić information content (AvgIpc) is 3.63. The molecule has 0 radical (unpaired) electrons. The van der Waals surface area contributed by atoms with Crippen LogP contribution in [0.25, 0.3) is 0 Å². The Morgan fingerprint density at radius 2 is 1.74 bits per heavy atom. The van der Waals surface area contributed by atoms with Crippen LogP contribution < -0.4 is 14.8 Å². The third-order valence-corrected chi connectivity index (χ3v) is 8.86. The fourth-order valence-electron chi connectivity index (χ4n) is 6.70. The number of likely N-dealkylation sites (tertiary alicyclic amines) is 1. The molecule has 1 unspecified atom stereocenters. The smallest absolute Gasteiger partial charge is 0.309 e. The van der Waals surface area contributed by atoms with Gasteiger partial charge in [-0.15, -0.1) is 0 Å². The number of hydrogen-bond acceptors (Lipinski definition) is 6. The number of aliphatic carboxylic acids is 1. The van der Waals surface area contributed by atoms with Crippen molar-refractivity contribution in [3.8, 4) is 11.5 Å². The number of carboxylic acids is 1. The third kappa shape index (κ3) is 6.40. The number of methoxy groups -OCH3 is 1. The van der Waals surface area contributed by atoms with E-state index in [4.69, 9.17) is 14.2 Å². The van der Waals surface area contributed by atoms with Crippen molar-refractivity contribution in [2.24, 2.45) is 5.92 Å². The maximum atomic E-state index is 13.7. The van der Waals surface area contributed by atoms with Gasteiger partial charge in [-0.25, -0.2) is 0 Å². The molecule has 1 fully saturated rings. The van der Waals surface area contributed by atoms with Crippen molar-refractivity contribution < 1.29 is 28.9 Å². The molecule has 1 amide bonds. The van der Waals surface area contributed by atoms with Crippen molar-refractivity contribution in [1.29, 1.82) is 0 Å². The summed E-state index contributed by atoms with van der Waals surface area (Å²) >= 11 is 0. The number of aryl methyl sites for hydroxylation is 3. The van der Waals surface area contributed by atoms with E-state index in [-0.39, 0.29) is 25.2 Å². The number of anilines is 1. The Morgan fingerprint density at radius 1 is 1.02 bits per heavy atom. The number of carbonyl (C=O) groups excluding carboxylic acids is 1. The summed E-state index contributed by atoms with van der Waals surface area (Å²) in [5.41, 5.74) is 6.89. The SMILES string of the molecule is CCc1cccc(CC)c1NC(=O)CN1C[C@H](c2ccc3c(c2C)OCO3)C(C(=O)O)[C@@H]1c1ccc(CCCOC)cc1. The summed E-state index contributed by atoms with van der Waals surface area (Å²) in [6.45, 7) is 7.44. The molecule has 43 heavy (non-hydrogen) atoms. The summed E-state index contributed by atoms with van der Waals surface area (Å²) in [4.78, 5) is 28.8. The molecule has 0 aromatic heterocycles. The van der Waals surface area contributed by atoms with Gasteiger partial charge in [-0.2, -0.15) is 0 Å². The molecule has 8 heteroatoms. The highest BCUT2D eigenvalue weighted by molar-refractivity contribution is 5.94. The zero-order valence-electron chi connectivity index (χ0n) is 25.5. The van der Waals surface area contributed by atoms with Crippen LogP contribution in [0.15, 0.2) is 54.6 Å². The first kappa shape index (κ1) is 30.6. The molecule has 3 aromatic rings. The first-order valence-electron chi connectivity index (χ1n) is 15.2. The van der Waals surface area contributed by atoms with E-state index in [0.29, 0.717) is 24.7 Å². The number of nitrogens with one attached hydrogen (secondary N) is 1. The number of para-hydroxylation sites is 1. The van der Waals surface area contributed by atoms with Crippen LogP contribution in [0.3, 0.4) is 0 Å². The second kappa shape index (κ2) is 13.6. The zero-order chi connectivity index (χ0) is 30.5. The van der Waals surface area contributed by atoms with Gasteiger partial charge in [0.05, 0.1) is 12.5 Å². The van der Waals surface area contributed by atoms with Crippen LogP contribution in [0.2, 0.25) is 0 Å². The van der Waals surface area contributed by atoms with Gasteiger partial charge in [-0.1, -0.05) is 62.4 Å². The first-order valence-corrected chi connectivity index (χ1v) is 15.2. The minimum absolute atomic E-state index is 0.0747. The lowest BCUT2D eigenvalue weighted by atomic mass is 9.81. The van der Waals surface area contributed by atoms with E-state index in [1.54, 1.807) is 7.11 Å². The highest BCUT2D eigenvalue weighted by Crippen LogP contribution is 2.49. The van der Waals surface area contributed by atoms with Crippen molar-refractivity contribution >= 4 is 17.6 Å².